The molecule has 1 unspecified atom stereocenters. The van der Waals surface area contributed by atoms with Crippen LogP contribution in [-0.2, 0) is 0 Å². The number of hydroxylamine groups is 2. The fraction of sp³-hybridized carbons (Fsp3) is 1.00. The third-order valence-corrected chi connectivity index (χ3v) is 1.38. The van der Waals surface area contributed by atoms with Gasteiger partial charge in [0.1, 0.15) is 6.23 Å². The summed E-state index contributed by atoms with van der Waals surface area (Å²) in [7, 11) is 0. The van der Waals surface area contributed by atoms with Crippen molar-refractivity contribution in [3.8, 4) is 0 Å². The van der Waals surface area contributed by atoms with E-state index in [0.717, 1.165) is 11.5 Å². The van der Waals surface area contributed by atoms with Crippen LogP contribution in [0.5, 0.6) is 0 Å². The summed E-state index contributed by atoms with van der Waals surface area (Å²) in [6, 6.07) is -0.0125. The minimum absolute atomic E-state index is 0.0125. The fourth-order valence-corrected chi connectivity index (χ4v) is 0.735. The van der Waals surface area contributed by atoms with Crippen molar-refractivity contribution in [1.82, 2.24) is 5.06 Å². The van der Waals surface area contributed by atoms with Gasteiger partial charge in [-0.3, -0.25) is 0 Å². The first-order valence-corrected chi connectivity index (χ1v) is 3.74. The molecule has 0 rings (SSSR count). The molecule has 0 saturated carbocycles. The maximum absolute atomic E-state index is 9.16. The second-order valence-corrected chi connectivity index (χ2v) is 2.74. The molecule has 0 aliphatic rings. The minimum atomic E-state index is -0.704. The van der Waals surface area contributed by atoms with Crippen molar-refractivity contribution in [2.24, 2.45) is 0 Å². The quantitative estimate of drug-likeness (QED) is 0.464. The molecule has 0 aromatic carbocycles. The second-order valence-electron chi connectivity index (χ2n) is 2.74. The molecule has 0 heterocycles. The molecular formula is C7H17NO2. The topological polar surface area (TPSA) is 43.7 Å². The molecule has 0 aliphatic carbocycles. The van der Waals surface area contributed by atoms with Crippen LogP contribution in [0.15, 0.2) is 0 Å². The van der Waals surface area contributed by atoms with E-state index in [4.69, 9.17) is 10.3 Å². The van der Waals surface area contributed by atoms with Crippen LogP contribution in [0.25, 0.3) is 0 Å². The highest BCUT2D eigenvalue weighted by atomic mass is 16.5. The zero-order valence-electron chi connectivity index (χ0n) is 6.91. The van der Waals surface area contributed by atoms with Gasteiger partial charge in [-0.15, -0.1) is 0 Å². The maximum Gasteiger partial charge on any atom is 0.129 e. The lowest BCUT2D eigenvalue weighted by Crippen LogP contribution is -2.37. The average molecular weight is 147 g/mol. The van der Waals surface area contributed by atoms with E-state index in [0.29, 0.717) is 6.42 Å². The Morgan fingerprint density at radius 1 is 1.40 bits per heavy atom. The van der Waals surface area contributed by atoms with Crippen molar-refractivity contribution in [1.29, 1.82) is 0 Å². The van der Waals surface area contributed by atoms with Gasteiger partial charge in [0.15, 0.2) is 0 Å². The highest BCUT2D eigenvalue weighted by molar-refractivity contribution is 4.54. The molecule has 0 spiro atoms. The zero-order valence-corrected chi connectivity index (χ0v) is 6.91. The molecule has 0 saturated heterocycles. The Bertz CT molecular complexity index is 85.7. The van der Waals surface area contributed by atoms with Crippen LogP contribution in [0, 0.1) is 0 Å². The van der Waals surface area contributed by atoms with Gasteiger partial charge in [-0.05, 0) is 20.3 Å². The van der Waals surface area contributed by atoms with Gasteiger partial charge in [0.05, 0.1) is 0 Å². The van der Waals surface area contributed by atoms with E-state index >= 15 is 0 Å². The van der Waals surface area contributed by atoms with E-state index < -0.39 is 6.23 Å². The van der Waals surface area contributed by atoms with E-state index in [1.165, 1.54) is 0 Å². The van der Waals surface area contributed by atoms with Gasteiger partial charge >= 0.3 is 0 Å². The SMILES string of the molecule is CCCC(O)N(O)C(C)C. The molecule has 0 aromatic heterocycles. The largest absolute Gasteiger partial charge is 0.376 e. The smallest absolute Gasteiger partial charge is 0.129 e. The van der Waals surface area contributed by atoms with Crippen LogP contribution in [0.1, 0.15) is 33.6 Å². The van der Waals surface area contributed by atoms with Gasteiger partial charge in [0, 0.05) is 6.04 Å². The molecule has 0 radical (unpaired) electrons. The Morgan fingerprint density at radius 3 is 2.20 bits per heavy atom. The first-order chi connectivity index (χ1) is 4.59. The van der Waals surface area contributed by atoms with E-state index in [2.05, 4.69) is 0 Å². The summed E-state index contributed by atoms with van der Waals surface area (Å²) in [6.45, 7) is 5.63. The van der Waals surface area contributed by atoms with Crippen molar-refractivity contribution >= 4 is 0 Å². The average Bonchev–Trinajstić information content (AvgIpc) is 1.87. The Labute approximate surface area is 62.2 Å². The lowest BCUT2D eigenvalue weighted by Gasteiger charge is -2.24. The van der Waals surface area contributed by atoms with Gasteiger partial charge in [0.25, 0.3) is 0 Å². The van der Waals surface area contributed by atoms with Crippen LogP contribution in [-0.4, -0.2) is 27.6 Å². The van der Waals surface area contributed by atoms with E-state index in [9.17, 15) is 0 Å². The number of hydrogen-bond acceptors (Lipinski definition) is 3. The molecular weight excluding hydrogens is 130 g/mol. The Hall–Kier alpha value is -0.120. The van der Waals surface area contributed by atoms with Crippen molar-refractivity contribution in [2.75, 3.05) is 0 Å². The molecule has 10 heavy (non-hydrogen) atoms. The highest BCUT2D eigenvalue weighted by Crippen LogP contribution is 2.04. The van der Waals surface area contributed by atoms with E-state index in [-0.39, 0.29) is 6.04 Å². The molecule has 3 heteroatoms. The lowest BCUT2D eigenvalue weighted by atomic mass is 10.3. The van der Waals surface area contributed by atoms with Crippen LogP contribution in [0.3, 0.4) is 0 Å². The van der Waals surface area contributed by atoms with Gasteiger partial charge in [-0.2, -0.15) is 5.06 Å². The fourth-order valence-electron chi connectivity index (χ4n) is 0.735. The molecule has 0 bridgehead atoms. The van der Waals surface area contributed by atoms with Gasteiger partial charge in [0.2, 0.25) is 0 Å². The van der Waals surface area contributed by atoms with Gasteiger partial charge in [-0.1, -0.05) is 13.3 Å². The van der Waals surface area contributed by atoms with Crippen molar-refractivity contribution < 1.29 is 10.3 Å². The molecule has 0 aliphatic heterocycles. The van der Waals surface area contributed by atoms with Crippen molar-refractivity contribution in [3.63, 3.8) is 0 Å². The summed E-state index contributed by atoms with van der Waals surface area (Å²) >= 11 is 0. The molecule has 1 atom stereocenters. The Balaban J connectivity index is 3.58. The molecule has 0 fully saturated rings. The monoisotopic (exact) mass is 147 g/mol. The lowest BCUT2D eigenvalue weighted by molar-refractivity contribution is -0.217. The molecule has 3 nitrogen and oxygen atoms in total. The number of rotatable bonds is 4. The highest BCUT2D eigenvalue weighted by Gasteiger charge is 2.14. The maximum atomic E-state index is 9.16. The van der Waals surface area contributed by atoms with Crippen LogP contribution >= 0.6 is 0 Å². The number of nitrogens with zero attached hydrogens (tertiary/aromatic N) is 1. The minimum Gasteiger partial charge on any atom is -0.376 e. The molecule has 2 N–H and O–H groups in total. The number of aliphatic hydroxyl groups excluding tert-OH is 1. The van der Waals surface area contributed by atoms with Gasteiger partial charge in [-0.25, -0.2) is 0 Å². The number of aliphatic hydroxyl groups is 1. The van der Waals surface area contributed by atoms with E-state index in [1.54, 1.807) is 0 Å². The summed E-state index contributed by atoms with van der Waals surface area (Å²) < 4.78 is 0. The summed E-state index contributed by atoms with van der Waals surface area (Å²) in [5, 5.41) is 19.2. The Morgan fingerprint density at radius 2 is 1.90 bits per heavy atom. The number of hydrogen-bond donors (Lipinski definition) is 2. The predicted octanol–water partition coefficient (Wildman–Crippen LogP) is 1.20. The first-order valence-electron chi connectivity index (χ1n) is 3.74. The third-order valence-electron chi connectivity index (χ3n) is 1.38. The summed E-state index contributed by atoms with van der Waals surface area (Å²) in [5.74, 6) is 0. The molecule has 62 valence electrons. The summed E-state index contributed by atoms with van der Waals surface area (Å²) in [6.07, 6.45) is 0.796. The third kappa shape index (κ3) is 3.15. The van der Waals surface area contributed by atoms with Crippen molar-refractivity contribution in [3.05, 3.63) is 0 Å². The summed E-state index contributed by atoms with van der Waals surface area (Å²) in [4.78, 5) is 0. The van der Waals surface area contributed by atoms with Gasteiger partial charge < -0.3 is 10.3 Å². The van der Waals surface area contributed by atoms with Crippen molar-refractivity contribution in [2.45, 2.75) is 45.9 Å². The van der Waals surface area contributed by atoms with Crippen LogP contribution in [0.2, 0.25) is 0 Å². The summed E-state index contributed by atoms with van der Waals surface area (Å²) in [5.41, 5.74) is 0. The van der Waals surface area contributed by atoms with Crippen LogP contribution in [0.4, 0.5) is 0 Å². The molecule has 0 amide bonds. The Kier molecular flexibility index (Phi) is 4.60. The standard InChI is InChI=1S/C7H17NO2/c1-4-5-7(9)8(10)6(2)3/h6-7,9-10H,4-5H2,1-3H3. The predicted molar refractivity (Wildman–Crippen MR) is 39.7 cm³/mol. The second kappa shape index (κ2) is 4.66. The van der Waals surface area contributed by atoms with E-state index in [1.807, 2.05) is 20.8 Å². The first kappa shape index (κ1) is 9.88. The zero-order chi connectivity index (χ0) is 8.15. The van der Waals surface area contributed by atoms with Crippen LogP contribution < -0.4 is 0 Å². The normalized spacial score (nSPS) is 14.7. The molecule has 0 aromatic rings.